The summed E-state index contributed by atoms with van der Waals surface area (Å²) in [5.41, 5.74) is 7.34. The number of halogens is 2. The molecule has 0 fully saturated rings. The van der Waals surface area contributed by atoms with Gasteiger partial charge in [0.15, 0.2) is 0 Å². The quantitative estimate of drug-likeness (QED) is 0.603. The fourth-order valence-corrected chi connectivity index (χ4v) is 4.49. The largest absolute Gasteiger partial charge is 0.493 e. The van der Waals surface area contributed by atoms with Crippen LogP contribution in [-0.2, 0) is 0 Å². The molecular formula is C13H11Br2NO2S. The lowest BCUT2D eigenvalue weighted by Crippen LogP contribution is -2.08. The second-order valence-corrected chi connectivity index (χ2v) is 7.47. The molecule has 1 aromatic heterocycles. The lowest BCUT2D eigenvalue weighted by atomic mass is 10.0. The summed E-state index contributed by atoms with van der Waals surface area (Å²) in [4.78, 5) is 12.6. The highest BCUT2D eigenvalue weighted by Crippen LogP contribution is 2.36. The summed E-state index contributed by atoms with van der Waals surface area (Å²) >= 11 is 8.20. The summed E-state index contributed by atoms with van der Waals surface area (Å²) in [5.74, 6) is 0.372. The van der Waals surface area contributed by atoms with Gasteiger partial charge in [0.2, 0.25) is 5.78 Å². The molecule has 0 aliphatic rings. The van der Waals surface area contributed by atoms with Crippen LogP contribution in [0.15, 0.2) is 31.8 Å². The predicted molar refractivity (Wildman–Crippen MR) is 85.2 cm³/mol. The van der Waals surface area contributed by atoms with E-state index in [1.165, 1.54) is 11.3 Å². The van der Waals surface area contributed by atoms with Crippen LogP contribution >= 0.6 is 43.2 Å². The number of anilines is 1. The third-order valence-electron chi connectivity index (χ3n) is 2.49. The number of nitrogens with two attached hydrogens (primary N) is 1. The van der Waals surface area contributed by atoms with Crippen LogP contribution < -0.4 is 10.5 Å². The van der Waals surface area contributed by atoms with Crippen LogP contribution in [0.4, 0.5) is 5.69 Å². The van der Waals surface area contributed by atoms with Crippen molar-refractivity contribution in [1.82, 2.24) is 0 Å². The molecule has 2 N–H and O–H groups in total. The fourth-order valence-electron chi connectivity index (χ4n) is 1.70. The maximum Gasteiger partial charge on any atom is 0.200 e. The van der Waals surface area contributed by atoms with Gasteiger partial charge in [0.1, 0.15) is 5.75 Å². The molecule has 3 nitrogen and oxygen atoms in total. The molecule has 2 aromatic rings. The Kier molecular flexibility index (Phi) is 4.65. The molecule has 1 aromatic carbocycles. The van der Waals surface area contributed by atoms with Crippen molar-refractivity contribution in [3.05, 3.63) is 43.0 Å². The van der Waals surface area contributed by atoms with E-state index in [9.17, 15) is 4.79 Å². The van der Waals surface area contributed by atoms with E-state index >= 15 is 0 Å². The molecule has 100 valence electrons. The van der Waals surface area contributed by atoms with Crippen LogP contribution in [0.5, 0.6) is 5.75 Å². The Morgan fingerprint density at radius 1 is 1.42 bits per heavy atom. The van der Waals surface area contributed by atoms with Crippen molar-refractivity contribution in [2.75, 3.05) is 12.3 Å². The van der Waals surface area contributed by atoms with Gasteiger partial charge in [-0.1, -0.05) is 6.07 Å². The molecule has 0 unspecified atom stereocenters. The first-order chi connectivity index (χ1) is 9.04. The minimum Gasteiger partial charge on any atom is -0.493 e. The number of hydrogen-bond donors (Lipinski definition) is 1. The van der Waals surface area contributed by atoms with Crippen molar-refractivity contribution in [3.8, 4) is 5.75 Å². The van der Waals surface area contributed by atoms with Gasteiger partial charge in [-0.2, -0.15) is 0 Å². The van der Waals surface area contributed by atoms with Crippen molar-refractivity contribution in [3.63, 3.8) is 0 Å². The molecule has 2 rings (SSSR count). The van der Waals surface area contributed by atoms with E-state index in [-0.39, 0.29) is 5.78 Å². The van der Waals surface area contributed by atoms with Crippen molar-refractivity contribution < 1.29 is 9.53 Å². The average Bonchev–Trinajstić information content (AvgIpc) is 2.68. The first kappa shape index (κ1) is 14.6. The zero-order chi connectivity index (χ0) is 14.0. The number of thiophene rings is 1. The molecule has 0 spiro atoms. The third kappa shape index (κ3) is 3.01. The SMILES string of the molecule is CCOc1cccc(N)c1C(=O)c1cc(Br)sc1Br. The summed E-state index contributed by atoms with van der Waals surface area (Å²) in [6.07, 6.45) is 0. The van der Waals surface area contributed by atoms with Gasteiger partial charge < -0.3 is 10.5 Å². The lowest BCUT2D eigenvalue weighted by molar-refractivity contribution is 0.103. The van der Waals surface area contributed by atoms with Gasteiger partial charge in [-0.3, -0.25) is 4.79 Å². The fraction of sp³-hybridized carbons (Fsp3) is 0.154. The Bertz CT molecular complexity index is 625. The van der Waals surface area contributed by atoms with Gasteiger partial charge in [0.25, 0.3) is 0 Å². The van der Waals surface area contributed by atoms with Crippen LogP contribution in [0.2, 0.25) is 0 Å². The maximum atomic E-state index is 12.6. The van der Waals surface area contributed by atoms with Crippen molar-refractivity contribution >= 4 is 54.7 Å². The molecule has 0 saturated heterocycles. The Hall–Kier alpha value is -0.850. The van der Waals surface area contributed by atoms with Gasteiger partial charge in [-0.15, -0.1) is 11.3 Å². The number of nitrogen functional groups attached to an aromatic ring is 1. The minimum atomic E-state index is -0.143. The van der Waals surface area contributed by atoms with Crippen molar-refractivity contribution in [1.29, 1.82) is 0 Å². The van der Waals surface area contributed by atoms with Crippen LogP contribution in [-0.4, -0.2) is 12.4 Å². The van der Waals surface area contributed by atoms with Gasteiger partial charge in [0.05, 0.1) is 19.7 Å². The van der Waals surface area contributed by atoms with E-state index in [1.54, 1.807) is 24.3 Å². The Morgan fingerprint density at radius 3 is 2.74 bits per heavy atom. The van der Waals surface area contributed by atoms with Gasteiger partial charge in [0, 0.05) is 11.3 Å². The number of benzene rings is 1. The van der Waals surface area contributed by atoms with E-state index in [0.29, 0.717) is 29.2 Å². The monoisotopic (exact) mass is 403 g/mol. The van der Waals surface area contributed by atoms with Crippen LogP contribution in [0.1, 0.15) is 22.8 Å². The maximum absolute atomic E-state index is 12.6. The Morgan fingerprint density at radius 2 is 2.16 bits per heavy atom. The van der Waals surface area contributed by atoms with Crippen LogP contribution in [0, 0.1) is 0 Å². The minimum absolute atomic E-state index is 0.143. The normalized spacial score (nSPS) is 10.5. The molecule has 1 heterocycles. The Labute approximate surface area is 132 Å². The highest BCUT2D eigenvalue weighted by molar-refractivity contribution is 9.12. The summed E-state index contributed by atoms with van der Waals surface area (Å²) in [6, 6.07) is 7.00. The van der Waals surface area contributed by atoms with E-state index in [4.69, 9.17) is 10.5 Å². The molecule has 0 aliphatic heterocycles. The van der Waals surface area contributed by atoms with E-state index < -0.39 is 0 Å². The molecule has 0 atom stereocenters. The molecule has 0 bridgehead atoms. The van der Waals surface area contributed by atoms with Crippen molar-refractivity contribution in [2.45, 2.75) is 6.92 Å². The lowest BCUT2D eigenvalue weighted by Gasteiger charge is -2.11. The van der Waals surface area contributed by atoms with Crippen molar-refractivity contribution in [2.24, 2.45) is 0 Å². The predicted octanol–water partition coefficient (Wildman–Crippen LogP) is 4.49. The number of hydrogen-bond acceptors (Lipinski definition) is 4. The molecule has 0 aliphatic carbocycles. The third-order valence-corrected chi connectivity index (χ3v) is 4.83. The summed E-state index contributed by atoms with van der Waals surface area (Å²) < 4.78 is 7.14. The number of ketones is 1. The topological polar surface area (TPSA) is 52.3 Å². The highest BCUT2D eigenvalue weighted by atomic mass is 79.9. The Balaban J connectivity index is 2.52. The van der Waals surface area contributed by atoms with Gasteiger partial charge in [-0.05, 0) is 57.0 Å². The second kappa shape index (κ2) is 6.07. The molecule has 0 amide bonds. The number of carbonyl (C=O) groups is 1. The van der Waals surface area contributed by atoms with Gasteiger partial charge >= 0.3 is 0 Å². The number of carbonyl (C=O) groups excluding carboxylic acids is 1. The molecular weight excluding hydrogens is 394 g/mol. The first-order valence-electron chi connectivity index (χ1n) is 5.55. The van der Waals surface area contributed by atoms with Crippen LogP contribution in [0.25, 0.3) is 0 Å². The molecule has 6 heteroatoms. The van der Waals surface area contributed by atoms with Crippen LogP contribution in [0.3, 0.4) is 0 Å². The smallest absolute Gasteiger partial charge is 0.200 e. The zero-order valence-corrected chi connectivity index (χ0v) is 14.1. The first-order valence-corrected chi connectivity index (χ1v) is 7.95. The summed E-state index contributed by atoms with van der Waals surface area (Å²) in [7, 11) is 0. The highest BCUT2D eigenvalue weighted by Gasteiger charge is 2.21. The number of rotatable bonds is 4. The average molecular weight is 405 g/mol. The second-order valence-electron chi connectivity index (χ2n) is 3.72. The molecule has 0 saturated carbocycles. The van der Waals surface area contributed by atoms with Gasteiger partial charge in [-0.25, -0.2) is 0 Å². The summed E-state index contributed by atoms with van der Waals surface area (Å²) in [5, 5.41) is 0. The molecule has 19 heavy (non-hydrogen) atoms. The number of ether oxygens (including phenoxy) is 1. The molecule has 0 radical (unpaired) electrons. The standard InChI is InChI=1S/C13H11Br2NO2S/c1-2-18-9-5-3-4-8(16)11(9)12(17)7-6-10(14)19-13(7)15/h3-6H,2,16H2,1H3. The zero-order valence-electron chi connectivity index (χ0n) is 10.1. The van der Waals surface area contributed by atoms with E-state index in [1.807, 2.05) is 6.92 Å². The van der Waals surface area contributed by atoms with E-state index in [2.05, 4.69) is 31.9 Å². The summed E-state index contributed by atoms with van der Waals surface area (Å²) in [6.45, 7) is 2.35. The van der Waals surface area contributed by atoms with E-state index in [0.717, 1.165) is 7.57 Å².